The van der Waals surface area contributed by atoms with Crippen LogP contribution < -0.4 is 10.0 Å². The minimum absolute atomic E-state index is 0. The van der Waals surface area contributed by atoms with E-state index in [0.717, 1.165) is 12.8 Å². The van der Waals surface area contributed by atoms with Crippen molar-refractivity contribution in [3.05, 3.63) is 0 Å². The molecule has 2 fully saturated rings. The third kappa shape index (κ3) is 4.68. The molecule has 0 aromatic rings. The van der Waals surface area contributed by atoms with Gasteiger partial charge in [-0.1, -0.05) is 20.8 Å². The Morgan fingerprint density at radius 3 is 2.11 bits per heavy atom. The fourth-order valence-corrected chi connectivity index (χ4v) is 4.94. The fraction of sp³-hybridized carbons (Fsp3) is 1.00. The van der Waals surface area contributed by atoms with Crippen LogP contribution in [0.3, 0.4) is 0 Å². The molecule has 18 heavy (non-hydrogen) atoms. The molecule has 4 nitrogen and oxygen atoms in total. The van der Waals surface area contributed by atoms with Gasteiger partial charge in [0.25, 0.3) is 0 Å². The molecular weight excluding hydrogens is 272 g/mol. The Balaban J connectivity index is 0.00000162. The molecule has 6 heteroatoms. The number of piperidine rings is 1. The lowest BCUT2D eigenvalue weighted by Gasteiger charge is -2.30. The number of nitrogens with one attached hydrogen (secondary N) is 2. The van der Waals surface area contributed by atoms with Crippen LogP contribution in [0.2, 0.25) is 0 Å². The van der Waals surface area contributed by atoms with Crippen molar-refractivity contribution in [2.75, 3.05) is 5.75 Å². The average Bonchev–Trinajstić information content (AvgIpc) is 2.40. The summed E-state index contributed by atoms with van der Waals surface area (Å²) in [4.78, 5) is 0. The second kappa shape index (κ2) is 5.65. The Morgan fingerprint density at radius 2 is 1.67 bits per heavy atom. The standard InChI is InChI=1S/C12H24N2O2S.ClH/c1-12(2,3)8-17(15,16)14-11-6-9-4-5-10(7-11)13-9;/h9-11,13-14H,4-8H2,1-3H3;1H. The summed E-state index contributed by atoms with van der Waals surface area (Å²) in [6.45, 7) is 5.87. The Hall–Kier alpha value is 0.160. The first-order chi connectivity index (χ1) is 7.73. The van der Waals surface area contributed by atoms with E-state index in [1.54, 1.807) is 0 Å². The van der Waals surface area contributed by atoms with Gasteiger partial charge < -0.3 is 5.32 Å². The zero-order chi connectivity index (χ0) is 12.7. The quantitative estimate of drug-likeness (QED) is 0.833. The maximum atomic E-state index is 12.0. The van der Waals surface area contributed by atoms with Crippen LogP contribution >= 0.6 is 12.4 Å². The Labute approximate surface area is 117 Å². The van der Waals surface area contributed by atoms with E-state index in [1.807, 2.05) is 20.8 Å². The SMILES string of the molecule is CC(C)(C)CS(=O)(=O)NC1CC2CCC(C1)N2.Cl. The summed E-state index contributed by atoms with van der Waals surface area (Å²) in [5.74, 6) is 0.208. The summed E-state index contributed by atoms with van der Waals surface area (Å²) in [6.07, 6.45) is 4.28. The number of rotatable bonds is 3. The smallest absolute Gasteiger partial charge is 0.212 e. The van der Waals surface area contributed by atoms with Crippen LogP contribution in [0.25, 0.3) is 0 Å². The molecule has 0 aromatic carbocycles. The maximum Gasteiger partial charge on any atom is 0.212 e. The van der Waals surface area contributed by atoms with E-state index >= 15 is 0 Å². The van der Waals surface area contributed by atoms with Crippen LogP contribution in [0.5, 0.6) is 0 Å². The molecule has 2 saturated heterocycles. The van der Waals surface area contributed by atoms with Crippen LogP contribution in [0.15, 0.2) is 0 Å². The van der Waals surface area contributed by atoms with Crippen molar-refractivity contribution in [2.45, 2.75) is 64.6 Å². The molecule has 0 amide bonds. The molecule has 108 valence electrons. The van der Waals surface area contributed by atoms with E-state index in [9.17, 15) is 8.42 Å². The summed E-state index contributed by atoms with van der Waals surface area (Å²) in [6, 6.07) is 1.19. The van der Waals surface area contributed by atoms with Crippen LogP contribution in [-0.4, -0.2) is 32.3 Å². The van der Waals surface area contributed by atoms with Crippen molar-refractivity contribution in [2.24, 2.45) is 5.41 Å². The van der Waals surface area contributed by atoms with Gasteiger partial charge in [-0.3, -0.25) is 0 Å². The lowest BCUT2D eigenvalue weighted by Crippen LogP contribution is -2.49. The second-order valence-electron chi connectivity index (χ2n) is 6.74. The van der Waals surface area contributed by atoms with Gasteiger partial charge in [0, 0.05) is 18.1 Å². The van der Waals surface area contributed by atoms with E-state index < -0.39 is 10.0 Å². The van der Waals surface area contributed by atoms with Gasteiger partial charge in [-0.05, 0) is 31.1 Å². The topological polar surface area (TPSA) is 58.2 Å². The van der Waals surface area contributed by atoms with Gasteiger partial charge in [0.2, 0.25) is 10.0 Å². The molecule has 2 N–H and O–H groups in total. The van der Waals surface area contributed by atoms with E-state index in [4.69, 9.17) is 0 Å². The molecule has 0 radical (unpaired) electrons. The Kier molecular flexibility index (Phi) is 5.09. The van der Waals surface area contributed by atoms with Gasteiger partial charge in [-0.15, -0.1) is 12.4 Å². The molecule has 2 aliphatic heterocycles. The van der Waals surface area contributed by atoms with Gasteiger partial charge in [-0.2, -0.15) is 0 Å². The van der Waals surface area contributed by atoms with E-state index in [0.29, 0.717) is 12.1 Å². The number of fused-ring (bicyclic) bond motifs is 2. The third-order valence-corrected chi connectivity index (χ3v) is 5.38. The van der Waals surface area contributed by atoms with E-state index in [-0.39, 0.29) is 29.6 Å². The van der Waals surface area contributed by atoms with Crippen molar-refractivity contribution in [3.8, 4) is 0 Å². The molecule has 2 atom stereocenters. The van der Waals surface area contributed by atoms with Crippen molar-refractivity contribution in [1.29, 1.82) is 0 Å². The molecule has 2 bridgehead atoms. The zero-order valence-corrected chi connectivity index (χ0v) is 13.0. The highest BCUT2D eigenvalue weighted by atomic mass is 35.5. The molecule has 0 aliphatic carbocycles. The normalized spacial score (nSPS) is 32.1. The molecule has 2 aliphatic rings. The van der Waals surface area contributed by atoms with Crippen LogP contribution in [0, 0.1) is 5.41 Å². The van der Waals surface area contributed by atoms with Crippen LogP contribution in [-0.2, 0) is 10.0 Å². The number of halogens is 1. The molecule has 2 unspecified atom stereocenters. The van der Waals surface area contributed by atoms with E-state index in [1.165, 1.54) is 12.8 Å². The molecule has 2 rings (SSSR count). The first-order valence-electron chi connectivity index (χ1n) is 6.50. The van der Waals surface area contributed by atoms with Gasteiger partial charge in [-0.25, -0.2) is 13.1 Å². The average molecular weight is 297 g/mol. The monoisotopic (exact) mass is 296 g/mol. The minimum Gasteiger partial charge on any atom is -0.311 e. The number of hydrogen-bond donors (Lipinski definition) is 2. The fourth-order valence-electron chi connectivity index (χ4n) is 3.02. The molecule has 2 heterocycles. The van der Waals surface area contributed by atoms with Gasteiger partial charge in [0.1, 0.15) is 0 Å². The third-order valence-electron chi connectivity index (χ3n) is 3.44. The van der Waals surface area contributed by atoms with Crippen LogP contribution in [0.4, 0.5) is 0 Å². The lowest BCUT2D eigenvalue weighted by atomic mass is 10.0. The predicted molar refractivity (Wildman–Crippen MR) is 76.6 cm³/mol. The first kappa shape index (κ1) is 16.2. The van der Waals surface area contributed by atoms with Gasteiger partial charge in [0.05, 0.1) is 5.75 Å². The van der Waals surface area contributed by atoms with Gasteiger partial charge >= 0.3 is 0 Å². The highest BCUT2D eigenvalue weighted by Crippen LogP contribution is 2.27. The largest absolute Gasteiger partial charge is 0.311 e. The highest BCUT2D eigenvalue weighted by Gasteiger charge is 2.35. The summed E-state index contributed by atoms with van der Waals surface area (Å²) in [5, 5.41) is 3.52. The zero-order valence-electron chi connectivity index (χ0n) is 11.4. The van der Waals surface area contributed by atoms with Crippen molar-refractivity contribution >= 4 is 22.4 Å². The Morgan fingerprint density at radius 1 is 1.17 bits per heavy atom. The van der Waals surface area contributed by atoms with Crippen molar-refractivity contribution in [1.82, 2.24) is 10.0 Å². The molecule has 0 saturated carbocycles. The molecular formula is C12H25ClN2O2S. The molecule has 0 spiro atoms. The summed E-state index contributed by atoms with van der Waals surface area (Å²) < 4.78 is 26.9. The van der Waals surface area contributed by atoms with Gasteiger partial charge in [0.15, 0.2) is 0 Å². The molecule has 0 aromatic heterocycles. The highest BCUT2D eigenvalue weighted by molar-refractivity contribution is 7.89. The first-order valence-corrected chi connectivity index (χ1v) is 8.15. The van der Waals surface area contributed by atoms with E-state index in [2.05, 4.69) is 10.0 Å². The Bertz CT molecular complexity index is 366. The number of hydrogen-bond acceptors (Lipinski definition) is 3. The summed E-state index contributed by atoms with van der Waals surface area (Å²) >= 11 is 0. The maximum absolute atomic E-state index is 12.0. The second-order valence-corrected chi connectivity index (χ2v) is 8.50. The van der Waals surface area contributed by atoms with Crippen molar-refractivity contribution in [3.63, 3.8) is 0 Å². The summed E-state index contributed by atoms with van der Waals surface area (Å²) in [5.41, 5.74) is -0.183. The summed E-state index contributed by atoms with van der Waals surface area (Å²) in [7, 11) is -3.14. The van der Waals surface area contributed by atoms with Crippen LogP contribution in [0.1, 0.15) is 46.5 Å². The minimum atomic E-state index is -3.14. The lowest BCUT2D eigenvalue weighted by molar-refractivity contribution is 0.343. The number of sulfonamides is 1. The predicted octanol–water partition coefficient (Wildman–Crippen LogP) is 1.66. The van der Waals surface area contributed by atoms with Crippen molar-refractivity contribution < 1.29 is 8.42 Å².